The third-order valence-corrected chi connectivity index (χ3v) is 4.79. The summed E-state index contributed by atoms with van der Waals surface area (Å²) in [6.45, 7) is 0.186. The minimum Gasteiger partial charge on any atom is -0.503 e. The monoisotopic (exact) mass is 337 g/mol. The van der Waals surface area contributed by atoms with Crippen LogP contribution in [0.25, 0.3) is 5.76 Å². The van der Waals surface area contributed by atoms with E-state index < -0.39 is 17.9 Å². The first kappa shape index (κ1) is 14.7. The third-order valence-electron chi connectivity index (χ3n) is 3.54. The van der Waals surface area contributed by atoms with Crippen LogP contribution in [-0.4, -0.2) is 26.2 Å². The van der Waals surface area contributed by atoms with Gasteiger partial charge >= 0.3 is 5.97 Å². The molecule has 0 amide bonds. The van der Waals surface area contributed by atoms with Gasteiger partial charge in [-0.3, -0.25) is 0 Å². The van der Waals surface area contributed by atoms with Crippen molar-refractivity contribution in [1.29, 1.82) is 0 Å². The highest BCUT2D eigenvalue weighted by Crippen LogP contribution is 2.38. The molecule has 0 aliphatic carbocycles. The first-order valence-electron chi connectivity index (χ1n) is 6.43. The average molecular weight is 338 g/mol. The summed E-state index contributed by atoms with van der Waals surface area (Å²) in [4.78, 5) is 13.8. The van der Waals surface area contributed by atoms with Crippen molar-refractivity contribution >= 4 is 34.7 Å². The van der Waals surface area contributed by atoms with Crippen molar-refractivity contribution in [3.05, 3.63) is 62.6 Å². The topological polar surface area (TPSA) is 81.0 Å². The lowest BCUT2D eigenvalue weighted by atomic mass is 10.0. The number of carboxylic acid groups (broad SMARTS) is 1. The minimum absolute atomic E-state index is 0.186. The number of aliphatic hydroxyl groups excluding tert-OH is 2. The molecule has 1 unspecified atom stereocenters. The van der Waals surface area contributed by atoms with E-state index >= 15 is 0 Å². The lowest BCUT2D eigenvalue weighted by Gasteiger charge is -2.33. The van der Waals surface area contributed by atoms with Crippen LogP contribution in [0.1, 0.15) is 22.0 Å². The van der Waals surface area contributed by atoms with Crippen LogP contribution in [0.3, 0.4) is 0 Å². The number of fused-ring (bicyclic) bond motifs is 1. The molecule has 3 rings (SSSR count). The van der Waals surface area contributed by atoms with Gasteiger partial charge in [-0.2, -0.15) is 0 Å². The van der Waals surface area contributed by atoms with Crippen molar-refractivity contribution in [1.82, 2.24) is 4.90 Å². The Hall–Kier alpha value is -2.18. The largest absolute Gasteiger partial charge is 0.503 e. The van der Waals surface area contributed by atoms with E-state index in [1.807, 2.05) is 0 Å². The molecule has 1 aromatic carbocycles. The highest BCUT2D eigenvalue weighted by molar-refractivity contribution is 7.10. The van der Waals surface area contributed by atoms with E-state index in [-0.39, 0.29) is 12.3 Å². The highest BCUT2D eigenvalue weighted by Gasteiger charge is 2.36. The predicted molar refractivity (Wildman–Crippen MR) is 83.9 cm³/mol. The molecule has 22 heavy (non-hydrogen) atoms. The lowest BCUT2D eigenvalue weighted by molar-refractivity contribution is -0.144. The molecular formula is C15H12ClNO4S. The quantitative estimate of drug-likeness (QED) is 0.794. The second kappa shape index (κ2) is 5.55. The Kier molecular flexibility index (Phi) is 3.72. The molecule has 0 spiro atoms. The number of hydrogen-bond acceptors (Lipinski definition) is 5. The Balaban J connectivity index is 2.10. The molecule has 1 aromatic heterocycles. The van der Waals surface area contributed by atoms with Crippen molar-refractivity contribution in [3.8, 4) is 0 Å². The van der Waals surface area contributed by atoms with Gasteiger partial charge in [0.1, 0.15) is 0 Å². The van der Waals surface area contributed by atoms with Gasteiger partial charge in [-0.05, 0) is 17.5 Å². The number of benzene rings is 1. The summed E-state index contributed by atoms with van der Waals surface area (Å²) >= 11 is 7.49. The van der Waals surface area contributed by atoms with E-state index in [1.54, 1.807) is 35.7 Å². The van der Waals surface area contributed by atoms with E-state index in [2.05, 4.69) is 0 Å². The van der Waals surface area contributed by atoms with Gasteiger partial charge in [0.2, 0.25) is 5.88 Å². The Bertz CT molecular complexity index is 770. The SMILES string of the molecule is O=C(O)C(c1ccccc1Cl)N1Cc2sccc2C(O)=C1O. The summed E-state index contributed by atoms with van der Waals surface area (Å²) in [5.41, 5.74) is 0.887. The molecule has 0 saturated carbocycles. The average Bonchev–Trinajstić information content (AvgIpc) is 2.94. The Morgan fingerprint density at radius 1 is 1.27 bits per heavy atom. The summed E-state index contributed by atoms with van der Waals surface area (Å²) in [7, 11) is 0. The maximum Gasteiger partial charge on any atom is 0.331 e. The summed E-state index contributed by atoms with van der Waals surface area (Å²) in [5, 5.41) is 32.0. The number of aliphatic carboxylic acids is 1. The Morgan fingerprint density at radius 2 is 2.00 bits per heavy atom. The van der Waals surface area contributed by atoms with E-state index in [4.69, 9.17) is 11.6 Å². The molecule has 3 N–H and O–H groups in total. The number of hydrogen-bond donors (Lipinski definition) is 3. The second-order valence-electron chi connectivity index (χ2n) is 4.82. The fourth-order valence-electron chi connectivity index (χ4n) is 2.50. The molecule has 5 nitrogen and oxygen atoms in total. The van der Waals surface area contributed by atoms with E-state index in [9.17, 15) is 20.1 Å². The summed E-state index contributed by atoms with van der Waals surface area (Å²) in [6.07, 6.45) is 0. The molecule has 0 bridgehead atoms. The minimum atomic E-state index is -1.19. The van der Waals surface area contributed by atoms with Gasteiger partial charge in [0.25, 0.3) is 0 Å². The molecule has 2 aromatic rings. The van der Waals surface area contributed by atoms with Crippen molar-refractivity contribution in [3.63, 3.8) is 0 Å². The molecule has 0 radical (unpaired) electrons. The highest BCUT2D eigenvalue weighted by atomic mass is 35.5. The maximum absolute atomic E-state index is 11.7. The number of halogens is 1. The number of carbonyl (C=O) groups is 1. The van der Waals surface area contributed by atoms with Gasteiger partial charge in [-0.15, -0.1) is 11.3 Å². The number of rotatable bonds is 3. The van der Waals surface area contributed by atoms with Crippen LogP contribution in [0.5, 0.6) is 0 Å². The first-order chi connectivity index (χ1) is 10.5. The zero-order valence-corrected chi connectivity index (χ0v) is 12.8. The first-order valence-corrected chi connectivity index (χ1v) is 7.69. The maximum atomic E-state index is 11.7. The lowest BCUT2D eigenvalue weighted by Crippen LogP contribution is -2.35. The molecule has 2 heterocycles. The molecular weight excluding hydrogens is 326 g/mol. The summed E-state index contributed by atoms with van der Waals surface area (Å²) in [5.74, 6) is -1.94. The van der Waals surface area contributed by atoms with Crippen LogP contribution in [0.4, 0.5) is 0 Å². The fraction of sp³-hybridized carbons (Fsp3) is 0.133. The predicted octanol–water partition coefficient (Wildman–Crippen LogP) is 3.79. The molecule has 1 aliphatic rings. The van der Waals surface area contributed by atoms with Gasteiger partial charge in [-0.1, -0.05) is 29.8 Å². The van der Waals surface area contributed by atoms with Crippen LogP contribution < -0.4 is 0 Å². The third kappa shape index (κ3) is 2.30. The molecule has 1 aliphatic heterocycles. The van der Waals surface area contributed by atoms with Gasteiger partial charge in [-0.25, -0.2) is 4.79 Å². The van der Waals surface area contributed by atoms with Gasteiger partial charge in [0.15, 0.2) is 11.8 Å². The number of thiophene rings is 1. The van der Waals surface area contributed by atoms with Crippen molar-refractivity contribution < 1.29 is 20.1 Å². The normalized spacial score (nSPS) is 15.6. The molecule has 7 heteroatoms. The van der Waals surface area contributed by atoms with E-state index in [0.717, 1.165) is 4.88 Å². The molecule has 0 saturated heterocycles. The van der Waals surface area contributed by atoms with Crippen molar-refractivity contribution in [2.24, 2.45) is 0 Å². The number of aliphatic hydroxyl groups is 2. The zero-order chi connectivity index (χ0) is 15.9. The van der Waals surface area contributed by atoms with Crippen molar-refractivity contribution in [2.45, 2.75) is 12.6 Å². The molecule has 1 atom stereocenters. The number of carboxylic acids is 1. The van der Waals surface area contributed by atoms with E-state index in [0.29, 0.717) is 16.1 Å². The van der Waals surface area contributed by atoms with Crippen LogP contribution in [-0.2, 0) is 11.3 Å². The van der Waals surface area contributed by atoms with Gasteiger partial charge < -0.3 is 20.2 Å². The van der Waals surface area contributed by atoms with Crippen molar-refractivity contribution in [2.75, 3.05) is 0 Å². The number of nitrogens with zero attached hydrogens (tertiary/aromatic N) is 1. The Morgan fingerprint density at radius 3 is 2.68 bits per heavy atom. The Labute approximate surface area is 135 Å². The molecule has 114 valence electrons. The van der Waals surface area contributed by atoms with Crippen LogP contribution >= 0.6 is 22.9 Å². The second-order valence-corrected chi connectivity index (χ2v) is 6.23. The van der Waals surface area contributed by atoms with Crippen LogP contribution in [0.15, 0.2) is 41.6 Å². The van der Waals surface area contributed by atoms with E-state index in [1.165, 1.54) is 16.2 Å². The smallest absolute Gasteiger partial charge is 0.331 e. The van der Waals surface area contributed by atoms with Gasteiger partial charge in [0, 0.05) is 21.0 Å². The standard InChI is InChI=1S/C15H12ClNO4S/c16-10-4-2-1-3-8(10)12(15(20)21)17-7-11-9(5-6-22-11)13(18)14(17)19/h1-6,12,18-19H,7H2,(H,20,21). The van der Waals surface area contributed by atoms with Crippen LogP contribution in [0.2, 0.25) is 5.02 Å². The zero-order valence-electron chi connectivity index (χ0n) is 11.2. The molecule has 0 fully saturated rings. The van der Waals surface area contributed by atoms with Gasteiger partial charge in [0.05, 0.1) is 6.54 Å². The summed E-state index contributed by atoms with van der Waals surface area (Å²) in [6, 6.07) is 7.06. The summed E-state index contributed by atoms with van der Waals surface area (Å²) < 4.78 is 0. The van der Waals surface area contributed by atoms with Crippen LogP contribution in [0, 0.1) is 0 Å². The fourth-order valence-corrected chi connectivity index (χ4v) is 3.62.